The van der Waals surface area contributed by atoms with Crippen molar-refractivity contribution in [2.75, 3.05) is 11.1 Å². The number of nitro groups is 1. The maximum atomic E-state index is 12.5. The molecule has 0 bridgehead atoms. The first-order valence-electron chi connectivity index (χ1n) is 9.67. The summed E-state index contributed by atoms with van der Waals surface area (Å²) < 4.78 is 7.33. The molecule has 2 aromatic carbocycles. The van der Waals surface area contributed by atoms with Gasteiger partial charge in [-0.3, -0.25) is 19.5 Å². The summed E-state index contributed by atoms with van der Waals surface area (Å²) in [5, 5.41) is 31.8. The van der Waals surface area contributed by atoms with E-state index >= 15 is 0 Å². The van der Waals surface area contributed by atoms with Crippen LogP contribution in [0.25, 0.3) is 11.4 Å². The van der Waals surface area contributed by atoms with E-state index in [2.05, 4.69) is 15.5 Å². The average molecular weight is 460 g/mol. The number of anilines is 1. The lowest BCUT2D eigenvalue weighted by Gasteiger charge is -2.09. The quantitative estimate of drug-likeness (QED) is 0.235. The van der Waals surface area contributed by atoms with Crippen LogP contribution in [0.4, 0.5) is 11.4 Å². The van der Waals surface area contributed by atoms with Crippen LogP contribution in [0.15, 0.2) is 76.5 Å². The van der Waals surface area contributed by atoms with Crippen LogP contribution < -0.4 is 5.32 Å². The molecule has 0 atom stereocenters. The minimum absolute atomic E-state index is 0.00701. The summed E-state index contributed by atoms with van der Waals surface area (Å²) in [4.78, 5) is 22.8. The molecule has 0 aliphatic carbocycles. The molecule has 2 aromatic heterocycles. The minimum atomic E-state index is -0.599. The summed E-state index contributed by atoms with van der Waals surface area (Å²) in [6, 6.07) is 18.7. The van der Waals surface area contributed by atoms with Crippen LogP contribution in [0.5, 0.6) is 0 Å². The van der Waals surface area contributed by atoms with Crippen molar-refractivity contribution in [1.29, 1.82) is 5.26 Å². The second-order valence-electron chi connectivity index (χ2n) is 6.77. The second-order valence-corrected chi connectivity index (χ2v) is 7.72. The number of nitrogens with zero attached hydrogens (tertiary/aromatic N) is 5. The van der Waals surface area contributed by atoms with Crippen LogP contribution >= 0.6 is 11.8 Å². The number of amides is 1. The molecule has 33 heavy (non-hydrogen) atoms. The average Bonchev–Trinajstić information content (AvgIpc) is 3.49. The van der Waals surface area contributed by atoms with Crippen molar-refractivity contribution in [3.8, 4) is 17.5 Å². The zero-order valence-electron chi connectivity index (χ0n) is 17.0. The van der Waals surface area contributed by atoms with E-state index in [1.54, 1.807) is 12.3 Å². The van der Waals surface area contributed by atoms with Gasteiger partial charge in [0.2, 0.25) is 5.91 Å². The monoisotopic (exact) mass is 460 g/mol. The number of non-ortho nitro benzene ring substituents is 1. The molecule has 1 amide bonds. The molecule has 0 unspecified atom stereocenters. The summed E-state index contributed by atoms with van der Waals surface area (Å²) in [7, 11) is 0. The van der Waals surface area contributed by atoms with Crippen LogP contribution in [0.2, 0.25) is 0 Å². The van der Waals surface area contributed by atoms with Crippen LogP contribution in [0, 0.1) is 21.4 Å². The Labute approximate surface area is 192 Å². The molecule has 11 heteroatoms. The van der Waals surface area contributed by atoms with Crippen LogP contribution in [-0.4, -0.2) is 31.3 Å². The Hall–Kier alpha value is -4.43. The molecule has 4 rings (SSSR count). The van der Waals surface area contributed by atoms with Gasteiger partial charge in [0.25, 0.3) is 5.69 Å². The van der Waals surface area contributed by atoms with Gasteiger partial charge in [0.05, 0.1) is 34.7 Å². The van der Waals surface area contributed by atoms with Crippen LogP contribution in [0.3, 0.4) is 0 Å². The Balaban J connectivity index is 1.51. The Morgan fingerprint density at radius 2 is 2.00 bits per heavy atom. The molecule has 0 radical (unpaired) electrons. The van der Waals surface area contributed by atoms with E-state index in [4.69, 9.17) is 4.42 Å². The zero-order chi connectivity index (χ0) is 23.2. The van der Waals surface area contributed by atoms with Crippen molar-refractivity contribution in [3.63, 3.8) is 0 Å². The van der Waals surface area contributed by atoms with Gasteiger partial charge in [0.1, 0.15) is 11.8 Å². The highest BCUT2D eigenvalue weighted by molar-refractivity contribution is 7.99. The van der Waals surface area contributed by atoms with Crippen LogP contribution in [0.1, 0.15) is 11.3 Å². The lowest BCUT2D eigenvalue weighted by molar-refractivity contribution is -0.384. The number of rotatable bonds is 8. The van der Waals surface area contributed by atoms with Gasteiger partial charge in [-0.05, 0) is 18.2 Å². The summed E-state index contributed by atoms with van der Waals surface area (Å²) >= 11 is 1.18. The Bertz CT molecular complexity index is 1330. The standard InChI is InChI=1S/C22H16N6O4S/c23-12-16-11-17(28(30)31)8-9-19(16)24-20(29)14-33-22-26-25-21(15-5-2-1-3-6-15)27(22)13-18-7-4-10-32-18/h1-11H,13-14H2,(H,24,29). The number of hydrogen-bond acceptors (Lipinski definition) is 8. The number of hydrogen-bond donors (Lipinski definition) is 1. The molecule has 0 aliphatic heterocycles. The number of carbonyl (C=O) groups excluding carboxylic acids is 1. The maximum Gasteiger partial charge on any atom is 0.270 e. The number of nitriles is 1. The molecule has 0 spiro atoms. The fraction of sp³-hybridized carbons (Fsp3) is 0.0909. The molecule has 4 aromatic rings. The topological polar surface area (TPSA) is 140 Å². The zero-order valence-corrected chi connectivity index (χ0v) is 17.9. The lowest BCUT2D eigenvalue weighted by atomic mass is 10.1. The summed E-state index contributed by atoms with van der Waals surface area (Å²) in [6.45, 7) is 0.384. The van der Waals surface area contributed by atoms with Gasteiger partial charge in [0, 0.05) is 17.7 Å². The number of nitro benzene ring substituents is 1. The van der Waals surface area contributed by atoms with Crippen molar-refractivity contribution in [1.82, 2.24) is 14.8 Å². The number of thioether (sulfide) groups is 1. The fourth-order valence-electron chi connectivity index (χ4n) is 3.06. The minimum Gasteiger partial charge on any atom is -0.467 e. The number of benzene rings is 2. The summed E-state index contributed by atoms with van der Waals surface area (Å²) in [5.74, 6) is 0.950. The van der Waals surface area contributed by atoms with E-state index in [1.807, 2.05) is 47.0 Å². The first-order valence-corrected chi connectivity index (χ1v) is 10.7. The number of carbonyl (C=O) groups is 1. The predicted molar refractivity (Wildman–Crippen MR) is 120 cm³/mol. The molecule has 1 N–H and O–H groups in total. The highest BCUT2D eigenvalue weighted by Gasteiger charge is 2.18. The molecular weight excluding hydrogens is 444 g/mol. The Morgan fingerprint density at radius 3 is 2.70 bits per heavy atom. The van der Waals surface area contributed by atoms with E-state index in [-0.39, 0.29) is 28.6 Å². The van der Waals surface area contributed by atoms with Gasteiger partial charge < -0.3 is 9.73 Å². The van der Waals surface area contributed by atoms with E-state index in [0.29, 0.717) is 23.3 Å². The van der Waals surface area contributed by atoms with Gasteiger partial charge in [-0.2, -0.15) is 5.26 Å². The third-order valence-corrected chi connectivity index (χ3v) is 5.55. The summed E-state index contributed by atoms with van der Waals surface area (Å²) in [5.41, 5.74) is 0.862. The van der Waals surface area contributed by atoms with Crippen molar-refractivity contribution in [3.05, 3.63) is 88.4 Å². The Kier molecular flexibility index (Phi) is 6.47. The second kappa shape index (κ2) is 9.80. The molecule has 2 heterocycles. The highest BCUT2D eigenvalue weighted by Crippen LogP contribution is 2.26. The SMILES string of the molecule is N#Cc1cc([N+](=O)[O-])ccc1NC(=O)CSc1nnc(-c2ccccc2)n1Cc1ccco1. The molecule has 0 saturated heterocycles. The first-order chi connectivity index (χ1) is 16.0. The van der Waals surface area contributed by atoms with Crippen LogP contribution in [-0.2, 0) is 11.3 Å². The van der Waals surface area contributed by atoms with Gasteiger partial charge >= 0.3 is 0 Å². The van der Waals surface area contributed by atoms with Gasteiger partial charge in [0.15, 0.2) is 11.0 Å². The molecule has 0 fully saturated rings. The fourth-order valence-corrected chi connectivity index (χ4v) is 3.80. The lowest BCUT2D eigenvalue weighted by Crippen LogP contribution is -2.15. The smallest absolute Gasteiger partial charge is 0.270 e. The molecule has 0 saturated carbocycles. The molecule has 10 nitrogen and oxygen atoms in total. The predicted octanol–water partition coefficient (Wildman–Crippen LogP) is 4.10. The number of nitrogens with one attached hydrogen (secondary N) is 1. The highest BCUT2D eigenvalue weighted by atomic mass is 32.2. The molecule has 0 aliphatic rings. The van der Waals surface area contributed by atoms with Gasteiger partial charge in [-0.1, -0.05) is 42.1 Å². The third kappa shape index (κ3) is 5.08. The van der Waals surface area contributed by atoms with Crippen molar-refractivity contribution in [2.45, 2.75) is 11.7 Å². The van der Waals surface area contributed by atoms with Gasteiger partial charge in [-0.25, -0.2) is 0 Å². The normalized spacial score (nSPS) is 10.5. The van der Waals surface area contributed by atoms with Crippen molar-refractivity contribution < 1.29 is 14.1 Å². The Morgan fingerprint density at radius 1 is 1.18 bits per heavy atom. The third-order valence-electron chi connectivity index (χ3n) is 4.58. The maximum absolute atomic E-state index is 12.5. The van der Waals surface area contributed by atoms with E-state index in [0.717, 1.165) is 11.6 Å². The van der Waals surface area contributed by atoms with E-state index < -0.39 is 4.92 Å². The molecular formula is C22H16N6O4S. The van der Waals surface area contributed by atoms with E-state index in [9.17, 15) is 20.2 Å². The van der Waals surface area contributed by atoms with E-state index in [1.165, 1.54) is 23.9 Å². The largest absolute Gasteiger partial charge is 0.467 e. The molecule has 164 valence electrons. The van der Waals surface area contributed by atoms with Crippen molar-refractivity contribution in [2.24, 2.45) is 0 Å². The number of furan rings is 1. The summed E-state index contributed by atoms with van der Waals surface area (Å²) in [6.07, 6.45) is 1.58. The van der Waals surface area contributed by atoms with Crippen molar-refractivity contribution >= 4 is 29.0 Å². The first kappa shape index (κ1) is 21.8. The number of aromatic nitrogens is 3. The van der Waals surface area contributed by atoms with Gasteiger partial charge in [-0.15, -0.1) is 10.2 Å².